The fourth-order valence-corrected chi connectivity index (χ4v) is 5.68. The molecule has 0 bridgehead atoms. The van der Waals surface area contributed by atoms with Gasteiger partial charge in [0.1, 0.15) is 17.4 Å². The molecule has 0 unspecified atom stereocenters. The Labute approximate surface area is 241 Å². The van der Waals surface area contributed by atoms with Gasteiger partial charge >= 0.3 is 6.09 Å². The van der Waals surface area contributed by atoms with Crippen LogP contribution in [0.2, 0.25) is 10.0 Å². The number of aromatic nitrogens is 3. The van der Waals surface area contributed by atoms with Crippen molar-refractivity contribution in [1.29, 1.82) is 5.26 Å². The topological polar surface area (TPSA) is 126 Å². The molecule has 40 heavy (non-hydrogen) atoms. The molecule has 3 aromatic rings. The average Bonchev–Trinajstić information content (AvgIpc) is 3.55. The van der Waals surface area contributed by atoms with E-state index in [1.54, 1.807) is 28.3 Å². The summed E-state index contributed by atoms with van der Waals surface area (Å²) >= 11 is 13.2. The average molecular weight is 589 g/mol. The molecule has 1 atom stereocenters. The standard InChI is InChI=1S/C27H30Cl2N6O5/c1-27(2,3)40-26(37)34-7-9-38-15-17(34)10-21(36)33-5-6-35-19(14-33)22(16-12-31-32-13-16)23-20(39-8-4-30)11-18(28)24(29)25(23)35/h11-13,17H,5-10,14-15H2,1-3H3,(H,31,32)/t17-/m0/s1. The van der Waals surface area contributed by atoms with E-state index in [0.29, 0.717) is 59.5 Å². The van der Waals surface area contributed by atoms with Crippen molar-refractivity contribution in [1.82, 2.24) is 24.6 Å². The van der Waals surface area contributed by atoms with Crippen LogP contribution in [0, 0.1) is 11.3 Å². The number of fused-ring (bicyclic) bond motifs is 3. The summed E-state index contributed by atoms with van der Waals surface area (Å²) < 4.78 is 19.0. The zero-order valence-corrected chi connectivity index (χ0v) is 24.0. The number of amides is 2. The van der Waals surface area contributed by atoms with Crippen LogP contribution in [-0.2, 0) is 27.4 Å². The van der Waals surface area contributed by atoms with Gasteiger partial charge in [0, 0.05) is 55.1 Å². The van der Waals surface area contributed by atoms with Gasteiger partial charge in [-0.2, -0.15) is 10.4 Å². The zero-order valence-electron chi connectivity index (χ0n) is 22.5. The van der Waals surface area contributed by atoms with Crippen LogP contribution in [0.4, 0.5) is 4.79 Å². The molecule has 212 valence electrons. The van der Waals surface area contributed by atoms with Crippen LogP contribution in [0.3, 0.4) is 0 Å². The number of ether oxygens (including phenoxy) is 3. The molecular formula is C27H30Cl2N6O5. The summed E-state index contributed by atoms with van der Waals surface area (Å²) in [4.78, 5) is 29.8. The molecular weight excluding hydrogens is 559 g/mol. The number of hydrogen-bond acceptors (Lipinski definition) is 7. The van der Waals surface area contributed by atoms with Gasteiger partial charge in [0.05, 0.1) is 52.9 Å². The minimum absolute atomic E-state index is 0.101. The highest BCUT2D eigenvalue weighted by atomic mass is 35.5. The molecule has 1 fully saturated rings. The van der Waals surface area contributed by atoms with Crippen LogP contribution >= 0.6 is 23.2 Å². The predicted molar refractivity (Wildman–Crippen MR) is 148 cm³/mol. The quantitative estimate of drug-likeness (QED) is 0.461. The number of nitrogens with zero attached hydrogens (tertiary/aromatic N) is 5. The summed E-state index contributed by atoms with van der Waals surface area (Å²) in [6.45, 7) is 7.46. The van der Waals surface area contributed by atoms with Gasteiger partial charge in [-0.05, 0) is 20.8 Å². The highest BCUT2D eigenvalue weighted by molar-refractivity contribution is 6.45. The Hall–Kier alpha value is -3.46. The van der Waals surface area contributed by atoms with Crippen molar-refractivity contribution in [3.05, 3.63) is 34.2 Å². The number of rotatable bonds is 5. The minimum Gasteiger partial charge on any atom is -0.478 e. The van der Waals surface area contributed by atoms with E-state index in [0.717, 1.165) is 16.8 Å². The number of halogens is 2. The van der Waals surface area contributed by atoms with E-state index < -0.39 is 17.7 Å². The number of aromatic amines is 1. The monoisotopic (exact) mass is 588 g/mol. The smallest absolute Gasteiger partial charge is 0.410 e. The fraction of sp³-hybridized carbons (Fsp3) is 0.481. The first-order valence-corrected chi connectivity index (χ1v) is 13.7. The maximum Gasteiger partial charge on any atom is 0.410 e. The van der Waals surface area contributed by atoms with Gasteiger partial charge in [-0.15, -0.1) is 0 Å². The lowest BCUT2D eigenvalue weighted by atomic mass is 10.0. The summed E-state index contributed by atoms with van der Waals surface area (Å²) in [5.74, 6) is 0.318. The number of nitrogens with one attached hydrogen (secondary N) is 1. The normalized spacial score (nSPS) is 17.4. The summed E-state index contributed by atoms with van der Waals surface area (Å²) in [5.41, 5.74) is 2.45. The summed E-state index contributed by atoms with van der Waals surface area (Å²) in [6, 6.07) is 3.17. The van der Waals surface area contributed by atoms with Crippen molar-refractivity contribution in [2.75, 3.05) is 32.9 Å². The molecule has 13 heteroatoms. The van der Waals surface area contributed by atoms with Crippen molar-refractivity contribution < 1.29 is 23.8 Å². The molecule has 0 radical (unpaired) electrons. The van der Waals surface area contributed by atoms with Crippen molar-refractivity contribution in [3.8, 4) is 22.9 Å². The molecule has 5 rings (SSSR count). The largest absolute Gasteiger partial charge is 0.478 e. The third kappa shape index (κ3) is 5.44. The van der Waals surface area contributed by atoms with Crippen molar-refractivity contribution >= 4 is 46.1 Å². The summed E-state index contributed by atoms with van der Waals surface area (Å²) in [5, 5.41) is 17.5. The van der Waals surface area contributed by atoms with Crippen LogP contribution in [0.5, 0.6) is 5.75 Å². The van der Waals surface area contributed by atoms with Gasteiger partial charge in [0.15, 0.2) is 6.61 Å². The molecule has 0 spiro atoms. The maximum absolute atomic E-state index is 13.6. The van der Waals surface area contributed by atoms with Gasteiger partial charge in [-0.3, -0.25) is 9.89 Å². The highest BCUT2D eigenvalue weighted by Crippen LogP contribution is 2.47. The van der Waals surface area contributed by atoms with E-state index in [1.807, 2.05) is 31.4 Å². The first kappa shape index (κ1) is 28.1. The molecule has 0 saturated carbocycles. The van der Waals surface area contributed by atoms with E-state index in [-0.39, 0.29) is 25.5 Å². The van der Waals surface area contributed by atoms with Crippen LogP contribution in [0.25, 0.3) is 22.0 Å². The third-order valence-electron chi connectivity index (χ3n) is 6.92. The molecule has 2 aliphatic rings. The highest BCUT2D eigenvalue weighted by Gasteiger charge is 2.35. The lowest BCUT2D eigenvalue weighted by molar-refractivity contribution is -0.135. The van der Waals surface area contributed by atoms with Crippen LogP contribution in [-0.4, -0.2) is 81.1 Å². The number of carbonyl (C=O) groups excluding carboxylic acids is 2. The van der Waals surface area contributed by atoms with Crippen LogP contribution < -0.4 is 4.74 Å². The van der Waals surface area contributed by atoms with Gasteiger partial charge in [0.2, 0.25) is 5.91 Å². The van der Waals surface area contributed by atoms with Gasteiger partial charge < -0.3 is 28.6 Å². The second-order valence-corrected chi connectivity index (χ2v) is 11.5. The third-order valence-corrected chi connectivity index (χ3v) is 7.70. The molecule has 2 amide bonds. The molecule has 1 aromatic carbocycles. The van der Waals surface area contributed by atoms with Crippen molar-refractivity contribution in [2.45, 2.75) is 51.9 Å². The summed E-state index contributed by atoms with van der Waals surface area (Å²) in [7, 11) is 0. The minimum atomic E-state index is -0.645. The molecule has 2 aromatic heterocycles. The fourth-order valence-electron chi connectivity index (χ4n) is 5.24. The van der Waals surface area contributed by atoms with E-state index >= 15 is 0 Å². The lowest BCUT2D eigenvalue weighted by Crippen LogP contribution is -2.52. The van der Waals surface area contributed by atoms with Crippen LogP contribution in [0.1, 0.15) is 32.9 Å². The first-order valence-electron chi connectivity index (χ1n) is 13.0. The van der Waals surface area contributed by atoms with Gasteiger partial charge in [-0.1, -0.05) is 23.2 Å². The molecule has 2 aliphatic heterocycles. The Balaban J connectivity index is 1.48. The van der Waals surface area contributed by atoms with Crippen molar-refractivity contribution in [2.24, 2.45) is 0 Å². The Kier molecular flexibility index (Phi) is 7.86. The molecule has 4 heterocycles. The number of benzene rings is 1. The SMILES string of the molecule is CC(C)(C)OC(=O)N1CCOC[C@@H]1CC(=O)N1CCn2c(c(-c3cn[nH]c3)c3c(OCC#N)cc(Cl)c(Cl)c32)C1. The number of morpholine rings is 1. The Morgan fingerprint density at radius 3 is 2.77 bits per heavy atom. The second-order valence-electron chi connectivity index (χ2n) is 10.7. The van der Waals surface area contributed by atoms with Gasteiger partial charge in [-0.25, -0.2) is 4.79 Å². The molecule has 11 nitrogen and oxygen atoms in total. The Bertz CT molecular complexity index is 1470. The Morgan fingerprint density at radius 2 is 2.08 bits per heavy atom. The molecule has 1 N–H and O–H groups in total. The lowest BCUT2D eigenvalue weighted by Gasteiger charge is -2.37. The predicted octanol–water partition coefficient (Wildman–Crippen LogP) is 4.61. The van der Waals surface area contributed by atoms with E-state index in [2.05, 4.69) is 10.2 Å². The first-order chi connectivity index (χ1) is 19.1. The zero-order chi connectivity index (χ0) is 28.6. The maximum atomic E-state index is 13.6. The molecule has 1 saturated heterocycles. The Morgan fingerprint density at radius 1 is 1.27 bits per heavy atom. The number of carbonyl (C=O) groups is 2. The van der Waals surface area contributed by atoms with E-state index in [1.165, 1.54) is 0 Å². The number of hydrogen-bond donors (Lipinski definition) is 1. The number of H-pyrrole nitrogens is 1. The van der Waals surface area contributed by atoms with Crippen LogP contribution in [0.15, 0.2) is 18.5 Å². The van der Waals surface area contributed by atoms with E-state index in [4.69, 9.17) is 42.7 Å². The second kappa shape index (κ2) is 11.2. The summed E-state index contributed by atoms with van der Waals surface area (Å²) in [6.07, 6.45) is 3.09. The molecule has 0 aliphatic carbocycles. The van der Waals surface area contributed by atoms with E-state index in [9.17, 15) is 9.59 Å². The van der Waals surface area contributed by atoms with Gasteiger partial charge in [0.25, 0.3) is 0 Å². The van der Waals surface area contributed by atoms with Crippen molar-refractivity contribution in [3.63, 3.8) is 0 Å². The number of nitriles is 1.